The van der Waals surface area contributed by atoms with Crippen molar-refractivity contribution < 1.29 is 41.0 Å². The lowest BCUT2D eigenvalue weighted by Gasteiger charge is -2.14. The molecule has 0 saturated heterocycles. The number of halogens is 6. The van der Waals surface area contributed by atoms with Crippen LogP contribution in [-0.2, 0) is 28.3 Å². The largest absolute Gasteiger partial charge is 0.479 e. The zero-order valence-electron chi connectivity index (χ0n) is 14.1. The van der Waals surface area contributed by atoms with Crippen molar-refractivity contribution in [2.45, 2.75) is 24.9 Å². The van der Waals surface area contributed by atoms with Crippen LogP contribution in [0, 0.1) is 0 Å². The lowest BCUT2D eigenvalue weighted by molar-refractivity contribution is -0.150. The topological polar surface area (TPSA) is 90.4 Å². The van der Waals surface area contributed by atoms with Gasteiger partial charge >= 0.3 is 18.3 Å². The molecule has 0 amide bonds. The van der Waals surface area contributed by atoms with Crippen molar-refractivity contribution in [3.8, 4) is 5.69 Å². The number of hydrogen-bond donors (Lipinski definition) is 2. The monoisotopic (exact) mass is 411 g/mol. The van der Waals surface area contributed by atoms with Crippen molar-refractivity contribution in [2.24, 2.45) is 5.73 Å². The minimum absolute atomic E-state index is 0.0163. The standard InChI is InChI=1S/C16H15F6N3O3/c17-15(18,19)9-3-10(16(20,21)22)5-12(4-9)25-7-11(24-8-25)6-13(14(26)27)28-2-1-23/h3-5,7-8,13H,1-2,6,23H2,(H,26,27)/t13-/m0/s1. The molecule has 1 aromatic carbocycles. The van der Waals surface area contributed by atoms with Crippen molar-refractivity contribution in [3.05, 3.63) is 47.5 Å². The maximum Gasteiger partial charge on any atom is 0.416 e. The molecule has 0 aliphatic carbocycles. The number of aromatic nitrogens is 2. The highest BCUT2D eigenvalue weighted by Crippen LogP contribution is 2.37. The van der Waals surface area contributed by atoms with Gasteiger partial charge in [-0.1, -0.05) is 0 Å². The van der Waals surface area contributed by atoms with Gasteiger partial charge in [0.15, 0.2) is 6.10 Å². The van der Waals surface area contributed by atoms with Crippen molar-refractivity contribution in [2.75, 3.05) is 13.2 Å². The number of rotatable bonds is 7. The van der Waals surface area contributed by atoms with E-state index in [2.05, 4.69) is 4.98 Å². The predicted molar refractivity (Wildman–Crippen MR) is 83.7 cm³/mol. The molecule has 0 aliphatic heterocycles. The van der Waals surface area contributed by atoms with Crippen molar-refractivity contribution in [3.63, 3.8) is 0 Å². The maximum atomic E-state index is 13.0. The van der Waals surface area contributed by atoms with Gasteiger partial charge in [-0.3, -0.25) is 0 Å². The lowest BCUT2D eigenvalue weighted by atomic mass is 10.1. The molecule has 1 atom stereocenters. The molecule has 2 aromatic rings. The van der Waals surface area contributed by atoms with Crippen LogP contribution in [0.15, 0.2) is 30.7 Å². The summed E-state index contributed by atoms with van der Waals surface area (Å²) in [7, 11) is 0. The quantitative estimate of drug-likeness (QED) is 0.684. The molecule has 0 saturated carbocycles. The van der Waals surface area contributed by atoms with Crippen LogP contribution < -0.4 is 5.73 Å². The molecule has 2 rings (SSSR count). The van der Waals surface area contributed by atoms with Crippen LogP contribution in [0.2, 0.25) is 0 Å². The summed E-state index contributed by atoms with van der Waals surface area (Å²) < 4.78 is 83.7. The number of nitrogens with zero attached hydrogens (tertiary/aromatic N) is 2. The normalized spacial score (nSPS) is 13.5. The number of aliphatic carboxylic acids is 1. The zero-order chi connectivity index (χ0) is 21.1. The number of nitrogens with two attached hydrogens (primary N) is 1. The van der Waals surface area contributed by atoms with Gasteiger partial charge in [0.05, 0.1) is 29.8 Å². The third-order valence-electron chi connectivity index (χ3n) is 3.61. The number of carboxylic acids is 1. The summed E-state index contributed by atoms with van der Waals surface area (Å²) in [5.74, 6) is -1.30. The van der Waals surface area contributed by atoms with Gasteiger partial charge in [-0.05, 0) is 18.2 Å². The molecule has 3 N–H and O–H groups in total. The van der Waals surface area contributed by atoms with E-state index in [1.54, 1.807) is 0 Å². The van der Waals surface area contributed by atoms with Crippen molar-refractivity contribution >= 4 is 5.97 Å². The number of hydrogen-bond acceptors (Lipinski definition) is 4. The molecule has 0 spiro atoms. The Morgan fingerprint density at radius 3 is 2.18 bits per heavy atom. The molecular formula is C16H15F6N3O3. The second-order valence-corrected chi connectivity index (χ2v) is 5.73. The van der Waals surface area contributed by atoms with Crippen LogP contribution >= 0.6 is 0 Å². The average molecular weight is 411 g/mol. The number of ether oxygens (including phenoxy) is 1. The van der Waals surface area contributed by atoms with Gasteiger partial charge in [0.25, 0.3) is 0 Å². The van der Waals surface area contributed by atoms with Gasteiger partial charge in [0, 0.05) is 24.8 Å². The van der Waals surface area contributed by atoms with Gasteiger partial charge in [0.2, 0.25) is 0 Å². The van der Waals surface area contributed by atoms with Crippen molar-refractivity contribution in [1.29, 1.82) is 0 Å². The molecule has 1 heterocycles. The molecule has 0 radical (unpaired) electrons. The smallest absolute Gasteiger partial charge is 0.416 e. The van der Waals surface area contributed by atoms with E-state index in [-0.39, 0.29) is 31.3 Å². The van der Waals surface area contributed by atoms with Crippen LogP contribution in [0.4, 0.5) is 26.3 Å². The van der Waals surface area contributed by atoms with E-state index < -0.39 is 41.2 Å². The van der Waals surface area contributed by atoms with E-state index >= 15 is 0 Å². The summed E-state index contributed by atoms with van der Waals surface area (Å²) >= 11 is 0. The van der Waals surface area contributed by atoms with E-state index in [9.17, 15) is 31.1 Å². The highest BCUT2D eigenvalue weighted by atomic mass is 19.4. The Bertz CT molecular complexity index is 800. The SMILES string of the molecule is NCCO[C@@H](Cc1cn(-c2cc(C(F)(F)F)cc(C(F)(F)F)c2)cn1)C(=O)O. The zero-order valence-corrected chi connectivity index (χ0v) is 14.1. The van der Waals surface area contributed by atoms with E-state index in [1.165, 1.54) is 0 Å². The summed E-state index contributed by atoms with van der Waals surface area (Å²) in [6.07, 6.45) is -9.38. The van der Waals surface area contributed by atoms with Crippen LogP contribution in [-0.4, -0.2) is 39.9 Å². The molecule has 0 bridgehead atoms. The third-order valence-corrected chi connectivity index (χ3v) is 3.61. The molecule has 0 fully saturated rings. The Morgan fingerprint density at radius 1 is 1.14 bits per heavy atom. The Balaban J connectivity index is 2.37. The highest BCUT2D eigenvalue weighted by molar-refractivity contribution is 5.72. The van der Waals surface area contributed by atoms with Crippen molar-refractivity contribution in [1.82, 2.24) is 9.55 Å². The second-order valence-electron chi connectivity index (χ2n) is 5.73. The summed E-state index contributed by atoms with van der Waals surface area (Å²) in [6.45, 7) is 0.0307. The first-order valence-corrected chi connectivity index (χ1v) is 7.79. The first-order chi connectivity index (χ1) is 12.9. The number of carboxylic acid groups (broad SMARTS) is 1. The maximum absolute atomic E-state index is 13.0. The summed E-state index contributed by atoms with van der Waals surface area (Å²) in [6, 6.07) is 1.10. The van der Waals surface area contributed by atoms with Crippen LogP contribution in [0.1, 0.15) is 16.8 Å². The van der Waals surface area contributed by atoms with E-state index in [0.717, 1.165) is 17.1 Å². The molecular weight excluding hydrogens is 396 g/mol. The number of imidazole rings is 1. The molecule has 0 aliphatic rings. The second kappa shape index (κ2) is 8.19. The molecule has 12 heteroatoms. The van der Waals surface area contributed by atoms with Gasteiger partial charge in [-0.15, -0.1) is 0 Å². The number of carbonyl (C=O) groups is 1. The first-order valence-electron chi connectivity index (χ1n) is 7.79. The van der Waals surface area contributed by atoms with Crippen LogP contribution in [0.3, 0.4) is 0 Å². The van der Waals surface area contributed by atoms with Crippen LogP contribution in [0.5, 0.6) is 0 Å². The summed E-state index contributed by atoms with van der Waals surface area (Å²) in [5.41, 5.74) is 1.97. The lowest BCUT2D eigenvalue weighted by Crippen LogP contribution is -2.28. The van der Waals surface area contributed by atoms with E-state index in [1.807, 2.05) is 0 Å². The number of benzene rings is 1. The summed E-state index contributed by atoms with van der Waals surface area (Å²) in [4.78, 5) is 15.0. The Labute approximate surface area is 154 Å². The Morgan fingerprint density at radius 2 is 1.71 bits per heavy atom. The molecule has 6 nitrogen and oxygen atoms in total. The minimum Gasteiger partial charge on any atom is -0.479 e. The highest BCUT2D eigenvalue weighted by Gasteiger charge is 2.37. The first kappa shape index (κ1) is 21.7. The molecule has 0 unspecified atom stereocenters. The number of alkyl halides is 6. The van der Waals surface area contributed by atoms with Crippen LogP contribution in [0.25, 0.3) is 5.69 Å². The Kier molecular flexibility index (Phi) is 6.34. The van der Waals surface area contributed by atoms with Gasteiger partial charge < -0.3 is 20.1 Å². The van der Waals surface area contributed by atoms with E-state index in [0.29, 0.717) is 12.1 Å². The van der Waals surface area contributed by atoms with Gasteiger partial charge in [-0.2, -0.15) is 26.3 Å². The fraction of sp³-hybridized carbons (Fsp3) is 0.375. The van der Waals surface area contributed by atoms with Gasteiger partial charge in [0.1, 0.15) is 0 Å². The fourth-order valence-corrected chi connectivity index (χ4v) is 2.32. The molecule has 154 valence electrons. The average Bonchev–Trinajstić information content (AvgIpc) is 3.05. The fourth-order valence-electron chi connectivity index (χ4n) is 2.32. The predicted octanol–water partition coefficient (Wildman–Crippen LogP) is 2.88. The molecule has 1 aromatic heterocycles. The minimum atomic E-state index is -4.98. The Hall–Kier alpha value is -2.60. The van der Waals surface area contributed by atoms with Gasteiger partial charge in [-0.25, -0.2) is 9.78 Å². The summed E-state index contributed by atoms with van der Waals surface area (Å²) in [5, 5.41) is 9.09. The molecule has 28 heavy (non-hydrogen) atoms. The third kappa shape index (κ3) is 5.45. The van der Waals surface area contributed by atoms with E-state index in [4.69, 9.17) is 15.6 Å².